The summed E-state index contributed by atoms with van der Waals surface area (Å²) < 4.78 is 17.9. The minimum Gasteiger partial charge on any atom is -0.363 e. The van der Waals surface area contributed by atoms with Crippen molar-refractivity contribution >= 4 is 39.1 Å². The molecule has 0 spiro atoms. The molecule has 0 radical (unpaired) electrons. The molecular formula is C27H24FN9O2S. The SMILES string of the molecule is Cn1cc(-c2ccc(C(=O)N(c3nccc4sc(-c5ccnc(C(N)=O)n5)cc34)[C@@H]3CCCNC3)c(F)c2)nn1. The lowest BCUT2D eigenvalue weighted by Crippen LogP contribution is -2.49. The average Bonchev–Trinajstić information content (AvgIpc) is 3.61. The Kier molecular flexibility index (Phi) is 6.74. The fourth-order valence-electron chi connectivity index (χ4n) is 4.83. The second-order valence-corrected chi connectivity index (χ2v) is 10.5. The van der Waals surface area contributed by atoms with Gasteiger partial charge in [-0.1, -0.05) is 11.3 Å². The molecule has 0 aliphatic carbocycles. The van der Waals surface area contributed by atoms with Crippen LogP contribution >= 0.6 is 11.3 Å². The van der Waals surface area contributed by atoms with Crippen LogP contribution in [0, 0.1) is 5.82 Å². The first-order valence-electron chi connectivity index (χ1n) is 12.6. The van der Waals surface area contributed by atoms with Crippen LogP contribution in [0.4, 0.5) is 10.2 Å². The zero-order chi connectivity index (χ0) is 27.8. The fraction of sp³-hybridized carbons (Fsp3) is 0.222. The van der Waals surface area contributed by atoms with Gasteiger partial charge in [-0.3, -0.25) is 19.2 Å². The molecule has 11 nitrogen and oxygen atoms in total. The second kappa shape index (κ2) is 10.5. The van der Waals surface area contributed by atoms with Crippen LogP contribution in [0.3, 0.4) is 0 Å². The van der Waals surface area contributed by atoms with E-state index in [4.69, 9.17) is 5.73 Å². The van der Waals surface area contributed by atoms with Crippen molar-refractivity contribution < 1.29 is 14.0 Å². The van der Waals surface area contributed by atoms with Crippen molar-refractivity contribution in [2.75, 3.05) is 18.0 Å². The van der Waals surface area contributed by atoms with Gasteiger partial charge in [-0.05, 0) is 49.7 Å². The topological polar surface area (TPSA) is 145 Å². The van der Waals surface area contributed by atoms with Gasteiger partial charge < -0.3 is 11.1 Å². The standard InChI is InChI=1S/C27H24FN9O2S/c1-36-14-21(34-35-36)15-4-5-17(19(28)11-15)27(39)37(16-3-2-8-30-13-16)26-18-12-23(40-22(18)7-10-32-26)20-6-9-31-25(33-20)24(29)38/h4-7,9-12,14,16,30H,2-3,8,13H2,1H3,(H2,29,38)/t16-/m1/s1. The first kappa shape index (κ1) is 25.6. The first-order chi connectivity index (χ1) is 19.4. The minimum atomic E-state index is -0.723. The number of nitrogens with two attached hydrogens (primary N) is 1. The van der Waals surface area contributed by atoms with E-state index in [0.29, 0.717) is 29.3 Å². The largest absolute Gasteiger partial charge is 0.363 e. The van der Waals surface area contributed by atoms with Crippen molar-refractivity contribution in [3.05, 3.63) is 72.2 Å². The molecule has 5 aromatic rings. The van der Waals surface area contributed by atoms with Crippen LogP contribution in [0.2, 0.25) is 0 Å². The zero-order valence-corrected chi connectivity index (χ0v) is 22.2. The number of benzene rings is 1. The van der Waals surface area contributed by atoms with Gasteiger partial charge in [-0.25, -0.2) is 19.3 Å². The predicted octanol–water partition coefficient (Wildman–Crippen LogP) is 3.19. The van der Waals surface area contributed by atoms with Gasteiger partial charge in [0.25, 0.3) is 11.8 Å². The summed E-state index contributed by atoms with van der Waals surface area (Å²) in [4.78, 5) is 40.9. The Bertz CT molecular complexity index is 1750. The third-order valence-electron chi connectivity index (χ3n) is 6.73. The molecule has 6 rings (SSSR count). The highest BCUT2D eigenvalue weighted by atomic mass is 32.1. The van der Waals surface area contributed by atoms with Crippen molar-refractivity contribution in [3.8, 4) is 21.8 Å². The average molecular weight is 558 g/mol. The maximum atomic E-state index is 15.5. The Balaban J connectivity index is 1.43. The molecule has 5 heterocycles. The monoisotopic (exact) mass is 557 g/mol. The van der Waals surface area contributed by atoms with Gasteiger partial charge in [0, 0.05) is 41.6 Å². The van der Waals surface area contributed by atoms with Gasteiger partial charge in [0.1, 0.15) is 17.3 Å². The number of aryl methyl sites for hydroxylation is 1. The lowest BCUT2D eigenvalue weighted by atomic mass is 10.0. The van der Waals surface area contributed by atoms with Crippen LogP contribution in [-0.4, -0.2) is 60.9 Å². The van der Waals surface area contributed by atoms with Crippen LogP contribution in [-0.2, 0) is 7.05 Å². The number of hydrogen-bond acceptors (Lipinski definition) is 9. The molecule has 40 heavy (non-hydrogen) atoms. The summed E-state index contributed by atoms with van der Waals surface area (Å²) in [5.74, 6) is -1.51. The molecule has 1 saturated heterocycles. The fourth-order valence-corrected chi connectivity index (χ4v) is 5.85. The number of hydrogen-bond donors (Lipinski definition) is 2. The summed E-state index contributed by atoms with van der Waals surface area (Å²) in [6.45, 7) is 1.39. The lowest BCUT2D eigenvalue weighted by molar-refractivity contribution is 0.0965. The second-order valence-electron chi connectivity index (χ2n) is 9.43. The van der Waals surface area contributed by atoms with Gasteiger partial charge in [-0.2, -0.15) is 0 Å². The maximum Gasteiger partial charge on any atom is 0.286 e. The highest BCUT2D eigenvalue weighted by Gasteiger charge is 2.32. The molecule has 0 bridgehead atoms. The number of rotatable bonds is 6. The smallest absolute Gasteiger partial charge is 0.286 e. The third kappa shape index (κ3) is 4.80. The molecule has 4 aromatic heterocycles. The molecule has 1 aromatic carbocycles. The molecule has 0 saturated carbocycles. The number of piperidine rings is 1. The summed E-state index contributed by atoms with van der Waals surface area (Å²) >= 11 is 1.44. The number of amides is 2. The maximum absolute atomic E-state index is 15.5. The number of nitrogens with one attached hydrogen (secondary N) is 1. The Morgan fingerprint density at radius 3 is 2.73 bits per heavy atom. The number of carbonyl (C=O) groups is 2. The van der Waals surface area contributed by atoms with E-state index in [2.05, 4.69) is 30.6 Å². The van der Waals surface area contributed by atoms with Crippen molar-refractivity contribution in [1.82, 2.24) is 35.3 Å². The van der Waals surface area contributed by atoms with E-state index >= 15 is 4.39 Å². The normalized spacial score (nSPS) is 15.3. The van der Waals surface area contributed by atoms with Crippen LogP contribution < -0.4 is 16.0 Å². The molecule has 0 unspecified atom stereocenters. The quantitative estimate of drug-likeness (QED) is 0.324. The number of pyridine rings is 1. The van der Waals surface area contributed by atoms with Crippen LogP contribution in [0.15, 0.2) is 55.0 Å². The van der Waals surface area contributed by atoms with Crippen LogP contribution in [0.1, 0.15) is 33.8 Å². The third-order valence-corrected chi connectivity index (χ3v) is 7.86. The van der Waals surface area contributed by atoms with E-state index in [9.17, 15) is 9.59 Å². The van der Waals surface area contributed by atoms with Gasteiger partial charge in [-0.15, -0.1) is 16.4 Å². The van der Waals surface area contributed by atoms with E-state index in [-0.39, 0.29) is 17.4 Å². The lowest BCUT2D eigenvalue weighted by Gasteiger charge is -2.34. The number of anilines is 1. The van der Waals surface area contributed by atoms with Crippen molar-refractivity contribution in [2.45, 2.75) is 18.9 Å². The molecule has 202 valence electrons. The number of thiophene rings is 1. The van der Waals surface area contributed by atoms with Crippen molar-refractivity contribution in [1.29, 1.82) is 0 Å². The molecule has 1 atom stereocenters. The van der Waals surface area contributed by atoms with Crippen LogP contribution in [0.25, 0.3) is 31.9 Å². The van der Waals surface area contributed by atoms with E-state index in [0.717, 1.165) is 34.3 Å². The van der Waals surface area contributed by atoms with Crippen molar-refractivity contribution in [2.24, 2.45) is 12.8 Å². The summed E-state index contributed by atoms with van der Waals surface area (Å²) in [7, 11) is 1.73. The van der Waals surface area contributed by atoms with E-state index in [1.165, 1.54) is 34.3 Å². The number of carbonyl (C=O) groups excluding carboxylic acids is 2. The first-order valence-corrected chi connectivity index (χ1v) is 13.4. The highest BCUT2D eigenvalue weighted by Crippen LogP contribution is 2.38. The van der Waals surface area contributed by atoms with Gasteiger partial charge in [0.05, 0.1) is 28.4 Å². The summed E-state index contributed by atoms with van der Waals surface area (Å²) in [6, 6.07) is 9.63. The Hall–Kier alpha value is -4.62. The number of halogens is 1. The molecule has 2 amide bonds. The zero-order valence-electron chi connectivity index (χ0n) is 21.4. The number of fused-ring (bicyclic) bond motifs is 1. The Morgan fingerprint density at radius 1 is 1.15 bits per heavy atom. The highest BCUT2D eigenvalue weighted by molar-refractivity contribution is 7.22. The number of nitrogens with zero attached hydrogens (tertiary/aromatic N) is 7. The predicted molar refractivity (Wildman–Crippen MR) is 148 cm³/mol. The number of primary amides is 1. The molecular weight excluding hydrogens is 533 g/mol. The van der Waals surface area contributed by atoms with E-state index in [1.807, 2.05) is 12.1 Å². The molecule has 1 fully saturated rings. The molecule has 1 aliphatic rings. The van der Waals surface area contributed by atoms with E-state index < -0.39 is 17.6 Å². The Labute approximate surface area is 231 Å². The minimum absolute atomic E-state index is 0.0608. The summed E-state index contributed by atoms with van der Waals surface area (Å²) in [5, 5.41) is 12.0. The number of aromatic nitrogens is 6. The van der Waals surface area contributed by atoms with Crippen LogP contribution in [0.5, 0.6) is 0 Å². The summed E-state index contributed by atoms with van der Waals surface area (Å²) in [6.07, 6.45) is 6.39. The van der Waals surface area contributed by atoms with Gasteiger partial charge in [0.2, 0.25) is 5.82 Å². The van der Waals surface area contributed by atoms with Crippen molar-refractivity contribution in [3.63, 3.8) is 0 Å². The molecule has 1 aliphatic heterocycles. The van der Waals surface area contributed by atoms with Gasteiger partial charge in [0.15, 0.2) is 0 Å². The van der Waals surface area contributed by atoms with Gasteiger partial charge >= 0.3 is 0 Å². The molecule has 13 heteroatoms. The van der Waals surface area contributed by atoms with E-state index in [1.54, 1.807) is 36.5 Å². The molecule has 3 N–H and O–H groups in total. The Morgan fingerprint density at radius 2 is 2.00 bits per heavy atom. The summed E-state index contributed by atoms with van der Waals surface area (Å²) in [5.41, 5.74) is 6.87.